The Morgan fingerprint density at radius 1 is 1.30 bits per heavy atom. The molecule has 10 heavy (non-hydrogen) atoms. The molecule has 0 aromatic rings. The van der Waals surface area contributed by atoms with Crippen molar-refractivity contribution in [2.45, 2.75) is 26.9 Å². The van der Waals surface area contributed by atoms with Crippen LogP contribution in [0.3, 0.4) is 0 Å². The third-order valence-corrected chi connectivity index (χ3v) is 1.53. The van der Waals surface area contributed by atoms with Crippen LogP contribution in [0.1, 0.15) is 20.8 Å². The van der Waals surface area contributed by atoms with E-state index in [4.69, 9.17) is 0 Å². The highest BCUT2D eigenvalue weighted by molar-refractivity contribution is 4.95. The molecule has 0 heterocycles. The molecule has 0 fully saturated rings. The Morgan fingerprint density at radius 3 is 2.10 bits per heavy atom. The summed E-state index contributed by atoms with van der Waals surface area (Å²) in [6.07, 6.45) is 0.315. The van der Waals surface area contributed by atoms with Crippen LogP contribution in [0.5, 0.6) is 0 Å². The van der Waals surface area contributed by atoms with Gasteiger partial charge < -0.3 is 10.6 Å². The van der Waals surface area contributed by atoms with Crippen LogP contribution >= 0.6 is 0 Å². The van der Waals surface area contributed by atoms with Gasteiger partial charge in [0.25, 0.3) is 0 Å². The molecule has 0 saturated carbocycles. The van der Waals surface area contributed by atoms with E-state index in [1.807, 2.05) is 7.05 Å². The summed E-state index contributed by atoms with van der Waals surface area (Å²) in [4.78, 5) is 0. The Labute approximate surface area is 63.7 Å². The van der Waals surface area contributed by atoms with Gasteiger partial charge in [0.1, 0.15) is 0 Å². The average molecular weight is 142 g/mol. The van der Waals surface area contributed by atoms with Crippen molar-refractivity contribution in [3.63, 3.8) is 0 Å². The highest BCUT2D eigenvalue weighted by Crippen LogP contribution is 2.02. The van der Waals surface area contributed by atoms with Gasteiger partial charge in [-0.25, -0.2) is 0 Å². The van der Waals surface area contributed by atoms with Gasteiger partial charge in [-0.05, 0) is 19.9 Å². The van der Waals surface area contributed by atoms with Crippen molar-refractivity contribution in [3.8, 4) is 0 Å². The van der Waals surface area contributed by atoms with E-state index in [1.54, 1.807) is 0 Å². The van der Waals surface area contributed by atoms with Crippen molar-refractivity contribution in [1.29, 1.82) is 0 Å². The molecule has 0 saturated heterocycles. The van der Waals surface area contributed by atoms with Gasteiger partial charge in [-0.15, -0.1) is 0 Å². The minimum absolute atomic E-state index is 0.315. The van der Waals surface area contributed by atoms with Crippen LogP contribution in [0.25, 0.3) is 0 Å². The number of rotatable bonds is 4. The first-order chi connectivity index (χ1) is 4.57. The van der Waals surface area contributed by atoms with E-state index >= 15 is 0 Å². The lowest BCUT2D eigenvalue weighted by atomic mass is 10.1. The maximum absolute atomic E-state index is 3.89. The standard InChI is InChI=1S/C8H18N2/c1-6(2)7(3)10-8(4)9-5/h6,8-10H,3H2,1-2,4-5H3. The van der Waals surface area contributed by atoms with Gasteiger partial charge in [-0.1, -0.05) is 20.4 Å². The zero-order chi connectivity index (χ0) is 8.15. The number of hydrogen-bond acceptors (Lipinski definition) is 2. The van der Waals surface area contributed by atoms with Gasteiger partial charge >= 0.3 is 0 Å². The topological polar surface area (TPSA) is 24.1 Å². The first-order valence-corrected chi connectivity index (χ1v) is 3.70. The van der Waals surface area contributed by atoms with E-state index in [2.05, 4.69) is 38.0 Å². The average Bonchev–Trinajstić information content (AvgIpc) is 1.87. The zero-order valence-corrected chi connectivity index (χ0v) is 7.36. The molecule has 0 spiro atoms. The van der Waals surface area contributed by atoms with E-state index in [0.29, 0.717) is 12.1 Å². The quantitative estimate of drug-likeness (QED) is 0.578. The maximum atomic E-state index is 3.89. The predicted octanol–water partition coefficient (Wildman–Crippen LogP) is 1.31. The predicted molar refractivity (Wildman–Crippen MR) is 45.6 cm³/mol. The third-order valence-electron chi connectivity index (χ3n) is 1.53. The van der Waals surface area contributed by atoms with Gasteiger partial charge in [-0.3, -0.25) is 0 Å². The van der Waals surface area contributed by atoms with Crippen molar-refractivity contribution in [1.82, 2.24) is 10.6 Å². The number of allylic oxidation sites excluding steroid dienone is 1. The van der Waals surface area contributed by atoms with Crippen LogP contribution in [0.15, 0.2) is 12.3 Å². The minimum atomic E-state index is 0.315. The van der Waals surface area contributed by atoms with E-state index < -0.39 is 0 Å². The van der Waals surface area contributed by atoms with Gasteiger partial charge in [0.15, 0.2) is 0 Å². The Kier molecular flexibility index (Phi) is 4.12. The summed E-state index contributed by atoms with van der Waals surface area (Å²) >= 11 is 0. The fourth-order valence-corrected chi connectivity index (χ4v) is 0.517. The smallest absolute Gasteiger partial charge is 0.0734 e. The fraction of sp³-hybridized carbons (Fsp3) is 0.750. The largest absolute Gasteiger partial charge is 0.374 e. The summed E-state index contributed by atoms with van der Waals surface area (Å²) in [6.45, 7) is 10.2. The van der Waals surface area contributed by atoms with Crippen molar-refractivity contribution < 1.29 is 0 Å². The molecule has 2 heteroatoms. The molecule has 0 aliphatic heterocycles. The first-order valence-electron chi connectivity index (χ1n) is 3.70. The van der Waals surface area contributed by atoms with E-state index in [1.165, 1.54) is 0 Å². The molecule has 0 radical (unpaired) electrons. The maximum Gasteiger partial charge on any atom is 0.0734 e. The number of hydrogen-bond donors (Lipinski definition) is 2. The summed E-state index contributed by atoms with van der Waals surface area (Å²) in [5, 5.41) is 6.30. The Morgan fingerprint density at radius 2 is 1.80 bits per heavy atom. The summed E-state index contributed by atoms with van der Waals surface area (Å²) in [7, 11) is 1.92. The van der Waals surface area contributed by atoms with Gasteiger partial charge in [0, 0.05) is 5.70 Å². The number of nitrogens with one attached hydrogen (secondary N) is 2. The molecular weight excluding hydrogens is 124 g/mol. The molecule has 2 N–H and O–H groups in total. The van der Waals surface area contributed by atoms with Gasteiger partial charge in [-0.2, -0.15) is 0 Å². The molecule has 2 nitrogen and oxygen atoms in total. The summed E-state index contributed by atoms with van der Waals surface area (Å²) in [6, 6.07) is 0. The summed E-state index contributed by atoms with van der Waals surface area (Å²) < 4.78 is 0. The summed E-state index contributed by atoms with van der Waals surface area (Å²) in [5.74, 6) is 0.510. The van der Waals surface area contributed by atoms with Crippen LogP contribution in [-0.2, 0) is 0 Å². The molecule has 0 bridgehead atoms. The van der Waals surface area contributed by atoms with Crippen molar-refractivity contribution in [2.24, 2.45) is 5.92 Å². The lowest BCUT2D eigenvalue weighted by Gasteiger charge is -2.18. The van der Waals surface area contributed by atoms with Crippen LogP contribution in [0.4, 0.5) is 0 Å². The second kappa shape index (κ2) is 4.34. The normalized spacial score (nSPS) is 13.3. The Balaban J connectivity index is 3.57. The van der Waals surface area contributed by atoms with E-state index in [0.717, 1.165) is 5.70 Å². The highest BCUT2D eigenvalue weighted by Gasteiger charge is 2.01. The lowest BCUT2D eigenvalue weighted by molar-refractivity contribution is 0.506. The third kappa shape index (κ3) is 3.51. The highest BCUT2D eigenvalue weighted by atomic mass is 15.1. The molecule has 60 valence electrons. The minimum Gasteiger partial charge on any atom is -0.374 e. The first kappa shape index (κ1) is 9.50. The molecule has 0 aliphatic rings. The second-order valence-electron chi connectivity index (χ2n) is 2.83. The molecular formula is C8H18N2. The van der Waals surface area contributed by atoms with Crippen molar-refractivity contribution in [3.05, 3.63) is 12.3 Å². The van der Waals surface area contributed by atoms with Gasteiger partial charge in [0.2, 0.25) is 0 Å². The van der Waals surface area contributed by atoms with E-state index in [-0.39, 0.29) is 0 Å². The van der Waals surface area contributed by atoms with Crippen LogP contribution < -0.4 is 10.6 Å². The Bertz CT molecular complexity index is 108. The monoisotopic (exact) mass is 142 g/mol. The second-order valence-corrected chi connectivity index (χ2v) is 2.83. The van der Waals surface area contributed by atoms with Crippen molar-refractivity contribution >= 4 is 0 Å². The van der Waals surface area contributed by atoms with Gasteiger partial charge in [0.05, 0.1) is 6.17 Å². The Hall–Kier alpha value is -0.500. The molecule has 0 aliphatic carbocycles. The molecule has 0 aromatic heterocycles. The molecule has 0 aromatic carbocycles. The van der Waals surface area contributed by atoms with Crippen LogP contribution in [0.2, 0.25) is 0 Å². The van der Waals surface area contributed by atoms with Crippen molar-refractivity contribution in [2.75, 3.05) is 7.05 Å². The fourth-order valence-electron chi connectivity index (χ4n) is 0.517. The van der Waals surface area contributed by atoms with E-state index in [9.17, 15) is 0 Å². The van der Waals surface area contributed by atoms with Crippen LogP contribution in [0, 0.1) is 5.92 Å². The molecule has 0 amide bonds. The molecule has 0 rings (SSSR count). The van der Waals surface area contributed by atoms with Crippen LogP contribution in [-0.4, -0.2) is 13.2 Å². The molecule has 1 unspecified atom stereocenters. The molecule has 1 atom stereocenters. The zero-order valence-electron chi connectivity index (χ0n) is 7.36. The lowest BCUT2D eigenvalue weighted by Crippen LogP contribution is -2.37. The summed E-state index contributed by atoms with van der Waals surface area (Å²) in [5.41, 5.74) is 1.09. The SMILES string of the molecule is C=C(NC(C)NC)C(C)C.